The van der Waals surface area contributed by atoms with Crippen molar-refractivity contribution in [2.45, 2.75) is 37.5 Å². The van der Waals surface area contributed by atoms with Crippen LogP contribution >= 0.6 is 0 Å². The summed E-state index contributed by atoms with van der Waals surface area (Å²) < 4.78 is 39.9. The van der Waals surface area contributed by atoms with Crippen molar-refractivity contribution < 1.29 is 22.7 Å². The van der Waals surface area contributed by atoms with E-state index in [1.807, 2.05) is 0 Å². The molecule has 7 heteroatoms. The van der Waals surface area contributed by atoms with Crippen LogP contribution in [0.3, 0.4) is 0 Å². The Morgan fingerprint density at radius 2 is 2.00 bits per heavy atom. The first-order valence-electron chi connectivity index (χ1n) is 6.76. The van der Waals surface area contributed by atoms with E-state index in [4.69, 9.17) is 0 Å². The van der Waals surface area contributed by atoms with Gasteiger partial charge in [-0.3, -0.25) is 4.79 Å². The molecule has 1 aromatic rings. The molecule has 0 radical (unpaired) electrons. The molecule has 1 saturated carbocycles. The highest BCUT2D eigenvalue weighted by molar-refractivity contribution is 7.89. The largest absolute Gasteiger partial charge is 0.481 e. The van der Waals surface area contributed by atoms with E-state index in [1.54, 1.807) is 0 Å². The molecule has 0 saturated heterocycles. The van der Waals surface area contributed by atoms with E-state index in [-0.39, 0.29) is 11.4 Å². The zero-order valence-corrected chi connectivity index (χ0v) is 12.5. The molecule has 2 N–H and O–H groups in total. The van der Waals surface area contributed by atoms with E-state index < -0.39 is 27.2 Å². The van der Waals surface area contributed by atoms with E-state index in [2.05, 4.69) is 4.72 Å². The topological polar surface area (TPSA) is 83.5 Å². The molecule has 0 amide bonds. The number of aliphatic carboxylic acids is 1. The SMILES string of the molecule is Cc1cc(F)ccc1S(=O)(=O)NCC1(C(=O)O)CCCC1. The third-order valence-corrected chi connectivity index (χ3v) is 5.60. The van der Waals surface area contributed by atoms with Crippen LogP contribution in [0, 0.1) is 18.2 Å². The normalized spacial score (nSPS) is 17.8. The number of carboxylic acids is 1. The van der Waals surface area contributed by atoms with Crippen LogP contribution in [0.4, 0.5) is 4.39 Å². The molecule has 0 aromatic heterocycles. The molecule has 0 bridgehead atoms. The lowest BCUT2D eigenvalue weighted by atomic mass is 9.87. The number of hydrogen-bond acceptors (Lipinski definition) is 3. The monoisotopic (exact) mass is 315 g/mol. The Morgan fingerprint density at radius 1 is 1.38 bits per heavy atom. The second kappa shape index (κ2) is 5.73. The van der Waals surface area contributed by atoms with Crippen molar-refractivity contribution >= 4 is 16.0 Å². The van der Waals surface area contributed by atoms with Crippen LogP contribution < -0.4 is 4.72 Å². The maximum absolute atomic E-state index is 13.0. The maximum atomic E-state index is 13.0. The Morgan fingerprint density at radius 3 is 2.52 bits per heavy atom. The Labute approximate surface area is 123 Å². The number of benzene rings is 1. The Hall–Kier alpha value is -1.47. The van der Waals surface area contributed by atoms with Gasteiger partial charge in [-0.2, -0.15) is 0 Å². The summed E-state index contributed by atoms with van der Waals surface area (Å²) in [5, 5.41) is 9.34. The van der Waals surface area contributed by atoms with Crippen LogP contribution in [0.15, 0.2) is 23.1 Å². The number of carboxylic acid groups (broad SMARTS) is 1. The molecule has 116 valence electrons. The maximum Gasteiger partial charge on any atom is 0.310 e. The molecule has 21 heavy (non-hydrogen) atoms. The van der Waals surface area contributed by atoms with E-state index in [9.17, 15) is 22.7 Å². The summed E-state index contributed by atoms with van der Waals surface area (Å²) in [5.41, 5.74) is -0.737. The summed E-state index contributed by atoms with van der Waals surface area (Å²) in [7, 11) is -3.85. The highest BCUT2D eigenvalue weighted by Crippen LogP contribution is 2.38. The molecular formula is C14H18FNO4S. The molecule has 0 spiro atoms. The molecular weight excluding hydrogens is 297 g/mol. The van der Waals surface area contributed by atoms with Gasteiger partial charge in [-0.1, -0.05) is 12.8 Å². The van der Waals surface area contributed by atoms with Crippen molar-refractivity contribution in [1.29, 1.82) is 0 Å². The molecule has 0 aliphatic heterocycles. The van der Waals surface area contributed by atoms with Crippen LogP contribution in [-0.4, -0.2) is 26.0 Å². The predicted octanol–water partition coefficient (Wildman–Crippen LogP) is 2.06. The molecule has 1 aliphatic rings. The first-order valence-corrected chi connectivity index (χ1v) is 8.24. The lowest BCUT2D eigenvalue weighted by Crippen LogP contribution is -2.41. The van der Waals surface area contributed by atoms with E-state index in [0.717, 1.165) is 25.0 Å². The molecule has 0 heterocycles. The highest BCUT2D eigenvalue weighted by Gasteiger charge is 2.42. The van der Waals surface area contributed by atoms with Crippen molar-refractivity contribution in [3.8, 4) is 0 Å². The second-order valence-electron chi connectivity index (χ2n) is 5.53. The van der Waals surface area contributed by atoms with Gasteiger partial charge in [0.1, 0.15) is 5.82 Å². The highest BCUT2D eigenvalue weighted by atomic mass is 32.2. The van der Waals surface area contributed by atoms with Crippen molar-refractivity contribution in [3.05, 3.63) is 29.6 Å². The van der Waals surface area contributed by atoms with E-state index >= 15 is 0 Å². The first-order chi connectivity index (χ1) is 9.77. The third kappa shape index (κ3) is 3.24. The second-order valence-corrected chi connectivity index (χ2v) is 7.26. The van der Waals surface area contributed by atoms with Gasteiger partial charge in [0, 0.05) is 6.54 Å². The van der Waals surface area contributed by atoms with Crippen LogP contribution in [-0.2, 0) is 14.8 Å². The Kier molecular flexibility index (Phi) is 4.34. The fourth-order valence-corrected chi connectivity index (χ4v) is 4.10. The molecule has 1 fully saturated rings. The summed E-state index contributed by atoms with van der Waals surface area (Å²) in [4.78, 5) is 11.4. The number of aryl methyl sites for hydroxylation is 1. The fraction of sp³-hybridized carbons (Fsp3) is 0.500. The standard InChI is InChI=1S/C14H18FNO4S/c1-10-8-11(15)4-5-12(10)21(19,20)16-9-14(13(17)18)6-2-3-7-14/h4-5,8,16H,2-3,6-7,9H2,1H3,(H,17,18). The predicted molar refractivity (Wildman–Crippen MR) is 74.9 cm³/mol. The van der Waals surface area contributed by atoms with E-state index in [0.29, 0.717) is 18.4 Å². The molecule has 1 aliphatic carbocycles. The third-order valence-electron chi connectivity index (χ3n) is 4.04. The number of sulfonamides is 1. The lowest BCUT2D eigenvalue weighted by Gasteiger charge is -2.24. The van der Waals surface area contributed by atoms with Crippen LogP contribution in [0.25, 0.3) is 0 Å². The van der Waals surface area contributed by atoms with Gasteiger partial charge in [0.15, 0.2) is 0 Å². The first kappa shape index (κ1) is 15.9. The fourth-order valence-electron chi connectivity index (χ4n) is 2.74. The minimum atomic E-state index is -3.85. The number of halogens is 1. The Balaban J connectivity index is 2.20. The van der Waals surface area contributed by atoms with Gasteiger partial charge in [0.05, 0.1) is 10.3 Å². The van der Waals surface area contributed by atoms with Gasteiger partial charge in [-0.15, -0.1) is 0 Å². The smallest absolute Gasteiger partial charge is 0.310 e. The van der Waals surface area contributed by atoms with Gasteiger partial charge in [0.2, 0.25) is 10.0 Å². The van der Waals surface area contributed by atoms with Crippen molar-refractivity contribution in [1.82, 2.24) is 4.72 Å². The molecule has 0 atom stereocenters. The molecule has 0 unspecified atom stereocenters. The van der Waals surface area contributed by atoms with Crippen LogP contribution in [0.2, 0.25) is 0 Å². The van der Waals surface area contributed by atoms with Gasteiger partial charge in [-0.25, -0.2) is 17.5 Å². The summed E-state index contributed by atoms with van der Waals surface area (Å²) in [6.45, 7) is 1.36. The summed E-state index contributed by atoms with van der Waals surface area (Å²) in [5.74, 6) is -1.48. The van der Waals surface area contributed by atoms with Crippen LogP contribution in [0.5, 0.6) is 0 Å². The van der Waals surface area contributed by atoms with Gasteiger partial charge in [0.25, 0.3) is 0 Å². The van der Waals surface area contributed by atoms with Crippen LogP contribution in [0.1, 0.15) is 31.2 Å². The van der Waals surface area contributed by atoms with Gasteiger partial charge in [-0.05, 0) is 43.5 Å². The average molecular weight is 315 g/mol. The number of hydrogen-bond donors (Lipinski definition) is 2. The molecule has 1 aromatic carbocycles. The average Bonchev–Trinajstić information content (AvgIpc) is 2.86. The van der Waals surface area contributed by atoms with Crippen molar-refractivity contribution in [3.63, 3.8) is 0 Å². The minimum absolute atomic E-state index is 0.0255. The lowest BCUT2D eigenvalue weighted by molar-refractivity contribution is -0.148. The summed E-state index contributed by atoms with van der Waals surface area (Å²) in [6, 6.07) is 3.40. The zero-order chi connectivity index (χ0) is 15.7. The summed E-state index contributed by atoms with van der Waals surface area (Å²) >= 11 is 0. The zero-order valence-electron chi connectivity index (χ0n) is 11.7. The molecule has 2 rings (SSSR count). The van der Waals surface area contributed by atoms with E-state index in [1.165, 1.54) is 13.0 Å². The number of rotatable bonds is 5. The summed E-state index contributed by atoms with van der Waals surface area (Å²) in [6.07, 6.45) is 2.49. The molecule has 5 nitrogen and oxygen atoms in total. The van der Waals surface area contributed by atoms with Crippen molar-refractivity contribution in [2.24, 2.45) is 5.41 Å². The van der Waals surface area contributed by atoms with Gasteiger partial charge < -0.3 is 5.11 Å². The quantitative estimate of drug-likeness (QED) is 0.871. The number of nitrogens with one attached hydrogen (secondary N) is 1. The minimum Gasteiger partial charge on any atom is -0.481 e. The van der Waals surface area contributed by atoms with Crippen molar-refractivity contribution in [2.75, 3.05) is 6.54 Å². The Bertz CT molecular complexity index is 651. The van der Waals surface area contributed by atoms with Gasteiger partial charge >= 0.3 is 5.97 Å². The number of carbonyl (C=O) groups is 1.